The van der Waals surface area contributed by atoms with Crippen LogP contribution in [0.25, 0.3) is 0 Å². The van der Waals surface area contributed by atoms with E-state index in [0.717, 1.165) is 6.42 Å². The van der Waals surface area contributed by atoms with Crippen molar-refractivity contribution in [2.75, 3.05) is 6.54 Å². The van der Waals surface area contributed by atoms with Crippen molar-refractivity contribution in [3.63, 3.8) is 0 Å². The standard InChI is InChI=1S/C11H21NO3/c1-8(2)10(3,15)7-12-11(9(13)14)5-4-6-11/h8,12,15H,4-7H2,1-3H3,(H,13,14). The maximum absolute atomic E-state index is 11.0. The zero-order valence-electron chi connectivity index (χ0n) is 9.71. The van der Waals surface area contributed by atoms with Gasteiger partial charge in [-0.3, -0.25) is 10.1 Å². The molecule has 4 heteroatoms. The minimum Gasteiger partial charge on any atom is -0.480 e. The van der Waals surface area contributed by atoms with Crippen LogP contribution in [0.15, 0.2) is 0 Å². The lowest BCUT2D eigenvalue weighted by atomic mass is 9.76. The molecule has 0 aromatic heterocycles. The van der Waals surface area contributed by atoms with Gasteiger partial charge in [-0.25, -0.2) is 0 Å². The highest BCUT2D eigenvalue weighted by molar-refractivity contribution is 5.79. The molecule has 1 aliphatic carbocycles. The molecule has 1 rings (SSSR count). The first kappa shape index (κ1) is 12.5. The van der Waals surface area contributed by atoms with Crippen LogP contribution in [0.5, 0.6) is 0 Å². The molecule has 0 aromatic rings. The molecule has 1 saturated carbocycles. The second-order valence-corrected chi connectivity index (χ2v) is 5.11. The van der Waals surface area contributed by atoms with Crippen molar-refractivity contribution in [3.05, 3.63) is 0 Å². The monoisotopic (exact) mass is 215 g/mol. The van der Waals surface area contributed by atoms with Gasteiger partial charge in [0.2, 0.25) is 0 Å². The third-order valence-corrected chi connectivity index (χ3v) is 3.64. The summed E-state index contributed by atoms with van der Waals surface area (Å²) in [5.74, 6) is -0.691. The zero-order chi connectivity index (χ0) is 11.7. The maximum Gasteiger partial charge on any atom is 0.323 e. The number of aliphatic hydroxyl groups is 1. The van der Waals surface area contributed by atoms with E-state index in [1.54, 1.807) is 6.92 Å². The van der Waals surface area contributed by atoms with Crippen molar-refractivity contribution in [2.45, 2.75) is 51.2 Å². The second-order valence-electron chi connectivity index (χ2n) is 5.11. The fraction of sp³-hybridized carbons (Fsp3) is 0.909. The summed E-state index contributed by atoms with van der Waals surface area (Å²) in [6, 6.07) is 0. The van der Waals surface area contributed by atoms with Gasteiger partial charge in [0.15, 0.2) is 0 Å². The largest absolute Gasteiger partial charge is 0.480 e. The summed E-state index contributed by atoms with van der Waals surface area (Å²) < 4.78 is 0. The number of nitrogens with one attached hydrogen (secondary N) is 1. The predicted molar refractivity (Wildman–Crippen MR) is 57.7 cm³/mol. The third kappa shape index (κ3) is 2.49. The van der Waals surface area contributed by atoms with E-state index in [0.29, 0.717) is 19.4 Å². The molecule has 0 saturated heterocycles. The van der Waals surface area contributed by atoms with Gasteiger partial charge in [0.1, 0.15) is 5.54 Å². The fourth-order valence-electron chi connectivity index (χ4n) is 1.55. The quantitative estimate of drug-likeness (QED) is 0.639. The van der Waals surface area contributed by atoms with Crippen LogP contribution in [0.2, 0.25) is 0 Å². The minimum absolute atomic E-state index is 0.107. The van der Waals surface area contributed by atoms with Crippen LogP contribution in [-0.2, 0) is 4.79 Å². The molecule has 15 heavy (non-hydrogen) atoms. The number of carboxylic acid groups (broad SMARTS) is 1. The van der Waals surface area contributed by atoms with E-state index in [1.807, 2.05) is 13.8 Å². The lowest BCUT2D eigenvalue weighted by molar-refractivity contribution is -0.149. The summed E-state index contributed by atoms with van der Waals surface area (Å²) in [6.45, 7) is 5.92. The first-order chi connectivity index (χ1) is 6.80. The Balaban J connectivity index is 2.52. The SMILES string of the molecule is CC(C)C(C)(O)CNC1(C(=O)O)CCC1. The van der Waals surface area contributed by atoms with E-state index < -0.39 is 17.1 Å². The van der Waals surface area contributed by atoms with Gasteiger partial charge in [-0.1, -0.05) is 13.8 Å². The number of hydrogen-bond donors (Lipinski definition) is 3. The number of hydrogen-bond acceptors (Lipinski definition) is 3. The first-order valence-corrected chi connectivity index (χ1v) is 5.51. The van der Waals surface area contributed by atoms with Gasteiger partial charge in [-0.15, -0.1) is 0 Å². The minimum atomic E-state index is -0.849. The Hall–Kier alpha value is -0.610. The number of aliphatic carboxylic acids is 1. The molecule has 3 N–H and O–H groups in total. The number of carbonyl (C=O) groups is 1. The first-order valence-electron chi connectivity index (χ1n) is 5.51. The van der Waals surface area contributed by atoms with Crippen LogP contribution in [0.4, 0.5) is 0 Å². The smallest absolute Gasteiger partial charge is 0.323 e. The van der Waals surface area contributed by atoms with Crippen molar-refractivity contribution in [1.82, 2.24) is 5.32 Å². The van der Waals surface area contributed by atoms with E-state index in [-0.39, 0.29) is 5.92 Å². The van der Waals surface area contributed by atoms with E-state index in [9.17, 15) is 9.90 Å². The lowest BCUT2D eigenvalue weighted by Gasteiger charge is -2.41. The van der Waals surface area contributed by atoms with Crippen molar-refractivity contribution >= 4 is 5.97 Å². The highest BCUT2D eigenvalue weighted by Crippen LogP contribution is 2.32. The van der Waals surface area contributed by atoms with Crippen LogP contribution in [0.1, 0.15) is 40.0 Å². The Bertz CT molecular complexity index is 244. The average Bonchev–Trinajstić information content (AvgIpc) is 2.00. The van der Waals surface area contributed by atoms with Gasteiger partial charge in [-0.2, -0.15) is 0 Å². The molecule has 0 aromatic carbocycles. The number of β-amino-alcohol motifs (C(OH)–C–C–N with tert-alkyl or cyclic N) is 1. The normalized spacial score (nSPS) is 23.3. The maximum atomic E-state index is 11.0. The molecule has 0 radical (unpaired) electrons. The predicted octanol–water partition coefficient (Wildman–Crippen LogP) is 0.990. The van der Waals surface area contributed by atoms with Gasteiger partial charge in [0.05, 0.1) is 5.60 Å². The number of rotatable bonds is 5. The molecule has 1 fully saturated rings. The van der Waals surface area contributed by atoms with E-state index in [1.165, 1.54) is 0 Å². The molecule has 0 aliphatic heterocycles. The molecule has 0 amide bonds. The second kappa shape index (κ2) is 4.10. The van der Waals surface area contributed by atoms with Crippen LogP contribution in [-0.4, -0.2) is 33.9 Å². The van der Waals surface area contributed by atoms with Crippen LogP contribution >= 0.6 is 0 Å². The van der Waals surface area contributed by atoms with E-state index in [4.69, 9.17) is 5.11 Å². The molecule has 1 atom stereocenters. The van der Waals surface area contributed by atoms with Crippen molar-refractivity contribution in [2.24, 2.45) is 5.92 Å². The molecule has 4 nitrogen and oxygen atoms in total. The summed E-state index contributed by atoms with van der Waals surface area (Å²) >= 11 is 0. The highest BCUT2D eigenvalue weighted by Gasteiger charge is 2.45. The summed E-state index contributed by atoms with van der Waals surface area (Å²) in [7, 11) is 0. The Morgan fingerprint density at radius 3 is 2.33 bits per heavy atom. The number of carboxylic acids is 1. The topological polar surface area (TPSA) is 69.6 Å². The van der Waals surface area contributed by atoms with Crippen LogP contribution < -0.4 is 5.32 Å². The van der Waals surface area contributed by atoms with Crippen molar-refractivity contribution < 1.29 is 15.0 Å². The van der Waals surface area contributed by atoms with E-state index in [2.05, 4.69) is 5.32 Å². The summed E-state index contributed by atoms with van der Waals surface area (Å²) in [5, 5.41) is 22.1. The average molecular weight is 215 g/mol. The van der Waals surface area contributed by atoms with Gasteiger partial charge in [-0.05, 0) is 32.1 Å². The zero-order valence-corrected chi connectivity index (χ0v) is 9.71. The molecule has 0 bridgehead atoms. The lowest BCUT2D eigenvalue weighted by Crippen LogP contribution is -2.60. The van der Waals surface area contributed by atoms with Gasteiger partial charge >= 0.3 is 5.97 Å². The molecular weight excluding hydrogens is 194 g/mol. The summed E-state index contributed by atoms with van der Waals surface area (Å²) in [6.07, 6.45) is 2.27. The van der Waals surface area contributed by atoms with Crippen molar-refractivity contribution in [1.29, 1.82) is 0 Å². The van der Waals surface area contributed by atoms with Gasteiger partial charge < -0.3 is 10.2 Å². The molecule has 1 unspecified atom stereocenters. The van der Waals surface area contributed by atoms with Crippen molar-refractivity contribution in [3.8, 4) is 0 Å². The summed E-state index contributed by atoms with van der Waals surface area (Å²) in [4.78, 5) is 11.0. The fourth-order valence-corrected chi connectivity index (χ4v) is 1.55. The molecule has 0 heterocycles. The highest BCUT2D eigenvalue weighted by atomic mass is 16.4. The van der Waals surface area contributed by atoms with Gasteiger partial charge in [0.25, 0.3) is 0 Å². The third-order valence-electron chi connectivity index (χ3n) is 3.64. The van der Waals surface area contributed by atoms with E-state index >= 15 is 0 Å². The van der Waals surface area contributed by atoms with Crippen LogP contribution in [0, 0.1) is 5.92 Å². The van der Waals surface area contributed by atoms with Crippen LogP contribution in [0.3, 0.4) is 0 Å². The molecular formula is C11H21NO3. The Morgan fingerprint density at radius 1 is 1.53 bits per heavy atom. The Kier molecular flexibility index (Phi) is 3.41. The molecule has 1 aliphatic rings. The molecule has 0 spiro atoms. The Morgan fingerprint density at radius 2 is 2.07 bits per heavy atom. The Labute approximate surface area is 90.7 Å². The summed E-state index contributed by atoms with van der Waals surface area (Å²) in [5.41, 5.74) is -1.63. The molecule has 88 valence electrons. The van der Waals surface area contributed by atoms with Gasteiger partial charge in [0, 0.05) is 6.54 Å².